The Kier molecular flexibility index (Phi) is 3.66. The first kappa shape index (κ1) is 18.0. The van der Waals surface area contributed by atoms with Crippen molar-refractivity contribution in [1.29, 1.82) is 0 Å². The molecule has 6 rings (SSSR count). The summed E-state index contributed by atoms with van der Waals surface area (Å²) in [7, 11) is 0. The van der Waals surface area contributed by atoms with Crippen molar-refractivity contribution in [2.45, 2.75) is 18.8 Å². The van der Waals surface area contributed by atoms with Crippen LogP contribution in [0.2, 0.25) is 0 Å². The maximum Gasteiger partial charge on any atom is 0.244 e. The van der Waals surface area contributed by atoms with Gasteiger partial charge in [-0.25, -0.2) is 0 Å². The molecule has 1 aliphatic carbocycles. The standard InChI is InChI=1S/C28H21NO2/c1-17-15-19(16-18-9-3-2-4-10-18)26(30)25-24(17)20-11-5-6-12-21(20)28(25)22-13-7-8-14-23(22)29-27(28)31/h2-15,30H,16H2,1H3,(H,29,31). The average Bonchev–Trinajstić information content (AvgIpc) is 3.27. The summed E-state index contributed by atoms with van der Waals surface area (Å²) < 4.78 is 0. The predicted molar refractivity (Wildman–Crippen MR) is 122 cm³/mol. The number of phenols is 1. The summed E-state index contributed by atoms with van der Waals surface area (Å²) in [5.41, 5.74) is 7.33. The number of para-hydroxylation sites is 1. The molecular weight excluding hydrogens is 382 g/mol. The van der Waals surface area contributed by atoms with E-state index in [1.165, 1.54) is 0 Å². The second-order valence-electron chi connectivity index (χ2n) is 8.41. The zero-order chi connectivity index (χ0) is 21.2. The number of carbonyl (C=O) groups is 1. The van der Waals surface area contributed by atoms with E-state index in [0.29, 0.717) is 12.0 Å². The van der Waals surface area contributed by atoms with E-state index in [0.717, 1.165) is 44.6 Å². The van der Waals surface area contributed by atoms with Crippen LogP contribution >= 0.6 is 0 Å². The monoisotopic (exact) mass is 403 g/mol. The van der Waals surface area contributed by atoms with Crippen molar-refractivity contribution in [3.8, 4) is 16.9 Å². The summed E-state index contributed by atoms with van der Waals surface area (Å²) in [5.74, 6) is 0.110. The SMILES string of the molecule is Cc1cc(Cc2ccccc2)c(O)c2c1-c1ccccc1C21C(=O)Nc2ccccc21. The number of aromatic hydroxyl groups is 1. The van der Waals surface area contributed by atoms with Crippen LogP contribution in [-0.4, -0.2) is 11.0 Å². The molecule has 150 valence electrons. The lowest BCUT2D eigenvalue weighted by Gasteiger charge is -2.27. The number of phenolic OH excluding ortho intramolecular Hbond substituents is 1. The maximum atomic E-state index is 13.7. The number of hydrogen-bond acceptors (Lipinski definition) is 2. The molecule has 3 nitrogen and oxygen atoms in total. The third kappa shape index (κ3) is 2.26. The average molecular weight is 403 g/mol. The van der Waals surface area contributed by atoms with E-state index in [1.54, 1.807) is 0 Å². The van der Waals surface area contributed by atoms with Gasteiger partial charge in [0.2, 0.25) is 5.91 Å². The molecule has 4 aromatic rings. The van der Waals surface area contributed by atoms with Crippen molar-refractivity contribution >= 4 is 11.6 Å². The van der Waals surface area contributed by atoms with Crippen LogP contribution in [0.25, 0.3) is 11.1 Å². The van der Waals surface area contributed by atoms with Crippen molar-refractivity contribution < 1.29 is 9.90 Å². The zero-order valence-electron chi connectivity index (χ0n) is 17.1. The number of carbonyl (C=O) groups excluding carboxylic acids is 1. The summed E-state index contributed by atoms with van der Waals surface area (Å²) in [4.78, 5) is 13.7. The first-order chi connectivity index (χ1) is 15.1. The molecular formula is C28H21NO2. The summed E-state index contributed by atoms with van der Waals surface area (Å²) >= 11 is 0. The van der Waals surface area contributed by atoms with Gasteiger partial charge in [-0.05, 0) is 46.4 Å². The van der Waals surface area contributed by atoms with Crippen molar-refractivity contribution in [1.82, 2.24) is 0 Å². The van der Waals surface area contributed by atoms with E-state index in [-0.39, 0.29) is 11.7 Å². The zero-order valence-corrected chi connectivity index (χ0v) is 17.1. The Morgan fingerprint density at radius 1 is 0.871 bits per heavy atom. The molecule has 0 aromatic heterocycles. The van der Waals surface area contributed by atoms with Gasteiger partial charge < -0.3 is 10.4 Å². The minimum Gasteiger partial charge on any atom is -0.507 e. The number of amides is 1. The molecule has 1 aliphatic heterocycles. The van der Waals surface area contributed by atoms with E-state index in [9.17, 15) is 9.90 Å². The largest absolute Gasteiger partial charge is 0.507 e. The van der Waals surface area contributed by atoms with E-state index in [2.05, 4.69) is 36.5 Å². The number of fused-ring (bicyclic) bond motifs is 7. The molecule has 0 radical (unpaired) electrons. The van der Waals surface area contributed by atoms with Crippen LogP contribution in [-0.2, 0) is 16.6 Å². The minimum atomic E-state index is -1.04. The molecule has 1 atom stereocenters. The third-order valence-electron chi connectivity index (χ3n) is 6.71. The van der Waals surface area contributed by atoms with Gasteiger partial charge in [0.05, 0.1) is 0 Å². The third-order valence-corrected chi connectivity index (χ3v) is 6.71. The molecule has 1 spiro atoms. The number of hydrogen-bond donors (Lipinski definition) is 2. The van der Waals surface area contributed by atoms with Crippen LogP contribution in [0.3, 0.4) is 0 Å². The van der Waals surface area contributed by atoms with E-state index >= 15 is 0 Å². The molecule has 2 N–H and O–H groups in total. The Bertz CT molecular complexity index is 1370. The summed E-state index contributed by atoms with van der Waals surface area (Å²) in [6, 6.07) is 28.0. The molecule has 1 unspecified atom stereocenters. The minimum absolute atomic E-state index is 0.105. The fraction of sp³-hybridized carbons (Fsp3) is 0.107. The van der Waals surface area contributed by atoms with Gasteiger partial charge in [-0.15, -0.1) is 0 Å². The van der Waals surface area contributed by atoms with Crippen LogP contribution in [0.1, 0.15) is 33.4 Å². The molecule has 1 heterocycles. The molecule has 4 aromatic carbocycles. The highest BCUT2D eigenvalue weighted by Gasteiger charge is 2.57. The Hall–Kier alpha value is -3.85. The van der Waals surface area contributed by atoms with Gasteiger partial charge in [-0.3, -0.25) is 4.79 Å². The van der Waals surface area contributed by atoms with Gasteiger partial charge in [-0.1, -0.05) is 78.9 Å². The van der Waals surface area contributed by atoms with Crippen molar-refractivity contribution in [3.05, 3.63) is 118 Å². The fourth-order valence-electron chi connectivity index (χ4n) is 5.48. The highest BCUT2D eigenvalue weighted by molar-refractivity contribution is 6.16. The highest BCUT2D eigenvalue weighted by atomic mass is 16.3. The Morgan fingerprint density at radius 3 is 2.35 bits per heavy atom. The Labute approximate surface area is 181 Å². The number of benzene rings is 4. The first-order valence-corrected chi connectivity index (χ1v) is 10.5. The van der Waals surface area contributed by atoms with Gasteiger partial charge in [0.15, 0.2) is 0 Å². The summed E-state index contributed by atoms with van der Waals surface area (Å²) in [6.45, 7) is 2.07. The molecule has 1 amide bonds. The smallest absolute Gasteiger partial charge is 0.244 e. The summed E-state index contributed by atoms with van der Waals surface area (Å²) in [5, 5.41) is 14.7. The van der Waals surface area contributed by atoms with E-state index in [4.69, 9.17) is 0 Å². The lowest BCUT2D eigenvalue weighted by molar-refractivity contribution is -0.118. The topological polar surface area (TPSA) is 49.3 Å². The van der Waals surface area contributed by atoms with Crippen LogP contribution in [0, 0.1) is 6.92 Å². The van der Waals surface area contributed by atoms with Gasteiger partial charge in [-0.2, -0.15) is 0 Å². The van der Waals surface area contributed by atoms with E-state index in [1.807, 2.05) is 60.7 Å². The first-order valence-electron chi connectivity index (χ1n) is 10.5. The fourth-order valence-corrected chi connectivity index (χ4v) is 5.48. The highest BCUT2D eigenvalue weighted by Crippen LogP contribution is 2.60. The van der Waals surface area contributed by atoms with Crippen molar-refractivity contribution in [2.24, 2.45) is 0 Å². The van der Waals surface area contributed by atoms with Gasteiger partial charge in [0.25, 0.3) is 0 Å². The lowest BCUT2D eigenvalue weighted by Crippen LogP contribution is -2.35. The molecule has 0 fully saturated rings. The molecule has 3 heteroatoms. The molecule has 2 aliphatic rings. The number of rotatable bonds is 2. The molecule has 0 bridgehead atoms. The van der Waals surface area contributed by atoms with Gasteiger partial charge in [0, 0.05) is 23.2 Å². The Morgan fingerprint density at radius 2 is 1.55 bits per heavy atom. The van der Waals surface area contributed by atoms with E-state index < -0.39 is 5.41 Å². The molecule has 31 heavy (non-hydrogen) atoms. The predicted octanol–water partition coefficient (Wildman–Crippen LogP) is 5.56. The van der Waals surface area contributed by atoms with Crippen LogP contribution in [0.5, 0.6) is 5.75 Å². The quantitative estimate of drug-likeness (QED) is 0.460. The van der Waals surface area contributed by atoms with Gasteiger partial charge in [0.1, 0.15) is 11.2 Å². The normalized spacial score (nSPS) is 17.9. The number of nitrogens with one attached hydrogen (secondary N) is 1. The second kappa shape index (κ2) is 6.32. The molecule has 0 saturated carbocycles. The second-order valence-corrected chi connectivity index (χ2v) is 8.41. The van der Waals surface area contributed by atoms with Crippen LogP contribution < -0.4 is 5.32 Å². The molecule has 0 saturated heterocycles. The van der Waals surface area contributed by atoms with Crippen LogP contribution in [0.15, 0.2) is 84.9 Å². The van der Waals surface area contributed by atoms with Crippen LogP contribution in [0.4, 0.5) is 5.69 Å². The van der Waals surface area contributed by atoms with Gasteiger partial charge >= 0.3 is 0 Å². The lowest BCUT2D eigenvalue weighted by atomic mass is 9.72. The number of anilines is 1. The number of aryl methyl sites for hydroxylation is 1. The van der Waals surface area contributed by atoms with Crippen molar-refractivity contribution in [3.63, 3.8) is 0 Å². The summed E-state index contributed by atoms with van der Waals surface area (Å²) in [6.07, 6.45) is 0.608. The maximum absolute atomic E-state index is 13.7. The Balaban J connectivity index is 1.70. The van der Waals surface area contributed by atoms with Crippen molar-refractivity contribution in [2.75, 3.05) is 5.32 Å².